The number of carboxylic acid groups (broad SMARTS) is 1. The molecule has 1 atom stereocenters. The second kappa shape index (κ2) is 6.23. The molecule has 6 nitrogen and oxygen atoms in total. The van der Waals surface area contributed by atoms with Gasteiger partial charge in [0.1, 0.15) is 5.54 Å². The number of aliphatic carboxylic acids is 1. The molecule has 1 aliphatic heterocycles. The maximum atomic E-state index is 12.4. The number of likely N-dealkylation sites (N-methyl/N-ethyl adjacent to an activating group) is 1. The molecule has 1 N–H and O–H groups in total. The van der Waals surface area contributed by atoms with Gasteiger partial charge in [-0.1, -0.05) is 0 Å². The molecule has 1 fully saturated rings. The summed E-state index contributed by atoms with van der Waals surface area (Å²) in [7, 11) is 1.65. The zero-order valence-corrected chi connectivity index (χ0v) is 12.2. The number of rotatable bonds is 5. The predicted octanol–water partition coefficient (Wildman–Crippen LogP) is 1.26. The molecule has 0 radical (unpaired) electrons. The van der Waals surface area contributed by atoms with Crippen LogP contribution < -0.4 is 0 Å². The molecule has 1 heterocycles. The number of nitrogens with zero attached hydrogens (tertiary/aromatic N) is 2. The van der Waals surface area contributed by atoms with E-state index >= 15 is 0 Å². The second-order valence-electron chi connectivity index (χ2n) is 5.45. The zero-order chi connectivity index (χ0) is 14.6. The molecule has 6 heteroatoms. The van der Waals surface area contributed by atoms with Crippen LogP contribution in [0.15, 0.2) is 0 Å². The highest BCUT2D eigenvalue weighted by atomic mass is 16.5. The third kappa shape index (κ3) is 3.37. The number of carbonyl (C=O) groups excluding carboxylic acids is 1. The van der Waals surface area contributed by atoms with Gasteiger partial charge in [-0.25, -0.2) is 9.59 Å². The molecule has 0 aromatic carbocycles. The van der Waals surface area contributed by atoms with E-state index in [0.29, 0.717) is 32.2 Å². The quantitative estimate of drug-likeness (QED) is 0.818. The van der Waals surface area contributed by atoms with Crippen LogP contribution in [0.2, 0.25) is 0 Å². The fraction of sp³-hybridized carbons (Fsp3) is 0.846. The van der Waals surface area contributed by atoms with E-state index in [1.165, 1.54) is 4.90 Å². The Kier molecular flexibility index (Phi) is 5.17. The largest absolute Gasteiger partial charge is 0.480 e. The van der Waals surface area contributed by atoms with Gasteiger partial charge in [-0.05, 0) is 27.2 Å². The molecule has 1 unspecified atom stereocenters. The van der Waals surface area contributed by atoms with E-state index in [-0.39, 0.29) is 6.03 Å². The third-order valence-electron chi connectivity index (χ3n) is 3.70. The van der Waals surface area contributed by atoms with Crippen molar-refractivity contribution in [3.05, 3.63) is 0 Å². The average Bonchev–Trinajstić information content (AvgIpc) is 2.78. The van der Waals surface area contributed by atoms with Crippen LogP contribution in [-0.2, 0) is 9.53 Å². The number of carboxylic acids is 1. The normalized spacial score (nSPS) is 19.6. The SMILES string of the molecule is CCN(C(=O)N1CCC(COC)C1)C(C)(C)C(=O)O. The van der Waals surface area contributed by atoms with E-state index in [1.54, 1.807) is 32.8 Å². The molecule has 0 spiro atoms. The third-order valence-corrected chi connectivity index (χ3v) is 3.70. The number of hydrogen-bond acceptors (Lipinski definition) is 3. The van der Waals surface area contributed by atoms with Crippen molar-refractivity contribution in [2.75, 3.05) is 33.4 Å². The van der Waals surface area contributed by atoms with Gasteiger partial charge in [-0.3, -0.25) is 0 Å². The van der Waals surface area contributed by atoms with Crippen LogP contribution in [0.3, 0.4) is 0 Å². The summed E-state index contributed by atoms with van der Waals surface area (Å²) in [6.07, 6.45) is 0.907. The predicted molar refractivity (Wildman–Crippen MR) is 71.0 cm³/mol. The monoisotopic (exact) mass is 272 g/mol. The van der Waals surface area contributed by atoms with Gasteiger partial charge in [0.05, 0.1) is 6.61 Å². The molecule has 1 saturated heterocycles. The summed E-state index contributed by atoms with van der Waals surface area (Å²) in [5, 5.41) is 9.24. The van der Waals surface area contributed by atoms with Crippen molar-refractivity contribution >= 4 is 12.0 Å². The van der Waals surface area contributed by atoms with Gasteiger partial charge in [0, 0.05) is 32.7 Å². The lowest BCUT2D eigenvalue weighted by molar-refractivity contribution is -0.147. The van der Waals surface area contributed by atoms with Crippen molar-refractivity contribution in [2.24, 2.45) is 5.92 Å². The summed E-state index contributed by atoms with van der Waals surface area (Å²) in [6, 6.07) is -0.200. The van der Waals surface area contributed by atoms with Gasteiger partial charge in [-0.15, -0.1) is 0 Å². The average molecular weight is 272 g/mol. The van der Waals surface area contributed by atoms with Crippen LogP contribution in [0.5, 0.6) is 0 Å². The van der Waals surface area contributed by atoms with Crippen LogP contribution in [0.1, 0.15) is 27.2 Å². The molecule has 0 bridgehead atoms. The van der Waals surface area contributed by atoms with E-state index in [4.69, 9.17) is 4.74 Å². The molecular formula is C13H24N2O4. The van der Waals surface area contributed by atoms with Gasteiger partial charge in [0.15, 0.2) is 0 Å². The van der Waals surface area contributed by atoms with Crippen LogP contribution in [-0.4, -0.2) is 65.8 Å². The Morgan fingerprint density at radius 3 is 2.58 bits per heavy atom. The molecule has 1 rings (SSSR count). The van der Waals surface area contributed by atoms with E-state index < -0.39 is 11.5 Å². The minimum absolute atomic E-state index is 0.200. The molecule has 110 valence electrons. The first-order chi connectivity index (χ1) is 8.84. The number of urea groups is 1. The van der Waals surface area contributed by atoms with Gasteiger partial charge in [0.2, 0.25) is 0 Å². The van der Waals surface area contributed by atoms with Gasteiger partial charge >= 0.3 is 12.0 Å². The molecule has 19 heavy (non-hydrogen) atoms. The topological polar surface area (TPSA) is 70.1 Å². The number of hydrogen-bond donors (Lipinski definition) is 1. The number of likely N-dealkylation sites (tertiary alicyclic amines) is 1. The fourth-order valence-corrected chi connectivity index (χ4v) is 2.43. The Labute approximate surface area is 114 Å². The molecule has 0 aromatic rings. The summed E-state index contributed by atoms with van der Waals surface area (Å²) in [5.74, 6) is -0.643. The van der Waals surface area contributed by atoms with Crippen LogP contribution >= 0.6 is 0 Å². The highest BCUT2D eigenvalue weighted by Gasteiger charge is 2.40. The minimum atomic E-state index is -1.19. The highest BCUT2D eigenvalue weighted by molar-refractivity contribution is 5.85. The van der Waals surface area contributed by atoms with E-state index in [0.717, 1.165) is 6.42 Å². The van der Waals surface area contributed by atoms with E-state index in [2.05, 4.69) is 0 Å². The Morgan fingerprint density at radius 1 is 1.47 bits per heavy atom. The van der Waals surface area contributed by atoms with Crippen molar-refractivity contribution in [3.63, 3.8) is 0 Å². The maximum Gasteiger partial charge on any atom is 0.329 e. The first kappa shape index (κ1) is 15.8. The summed E-state index contributed by atoms with van der Waals surface area (Å²) in [5.41, 5.74) is -1.19. The Morgan fingerprint density at radius 2 is 2.11 bits per heavy atom. The van der Waals surface area contributed by atoms with E-state index in [9.17, 15) is 14.7 Å². The van der Waals surface area contributed by atoms with Crippen molar-refractivity contribution in [3.8, 4) is 0 Å². The highest BCUT2D eigenvalue weighted by Crippen LogP contribution is 2.22. The lowest BCUT2D eigenvalue weighted by Crippen LogP contribution is -2.56. The lowest BCUT2D eigenvalue weighted by Gasteiger charge is -2.37. The maximum absolute atomic E-state index is 12.4. The molecule has 0 aliphatic carbocycles. The van der Waals surface area contributed by atoms with Crippen molar-refractivity contribution < 1.29 is 19.4 Å². The Bertz CT molecular complexity index is 344. The minimum Gasteiger partial charge on any atom is -0.480 e. The molecule has 1 aliphatic rings. The Hall–Kier alpha value is -1.30. The molecule has 0 saturated carbocycles. The standard InChI is InChI=1S/C13H24N2O4/c1-5-15(13(2,3)11(16)17)12(18)14-7-6-10(8-14)9-19-4/h10H,5-9H2,1-4H3,(H,16,17). The number of carbonyl (C=O) groups is 2. The summed E-state index contributed by atoms with van der Waals surface area (Å²) >= 11 is 0. The van der Waals surface area contributed by atoms with Crippen molar-refractivity contribution in [1.29, 1.82) is 0 Å². The van der Waals surface area contributed by atoms with Crippen molar-refractivity contribution in [2.45, 2.75) is 32.7 Å². The van der Waals surface area contributed by atoms with Gasteiger partial charge in [0.25, 0.3) is 0 Å². The number of ether oxygens (including phenoxy) is 1. The second-order valence-corrected chi connectivity index (χ2v) is 5.45. The number of amides is 2. The first-order valence-electron chi connectivity index (χ1n) is 6.63. The van der Waals surface area contributed by atoms with E-state index in [1.807, 2.05) is 0 Å². The smallest absolute Gasteiger partial charge is 0.329 e. The molecular weight excluding hydrogens is 248 g/mol. The van der Waals surface area contributed by atoms with Crippen molar-refractivity contribution in [1.82, 2.24) is 9.80 Å². The lowest BCUT2D eigenvalue weighted by atomic mass is 10.0. The molecule has 0 aromatic heterocycles. The summed E-state index contributed by atoms with van der Waals surface area (Å²) in [4.78, 5) is 26.8. The summed E-state index contributed by atoms with van der Waals surface area (Å²) in [6.45, 7) is 7.23. The Balaban J connectivity index is 2.73. The molecule has 2 amide bonds. The fourth-order valence-electron chi connectivity index (χ4n) is 2.43. The van der Waals surface area contributed by atoms with Gasteiger partial charge < -0.3 is 19.6 Å². The first-order valence-corrected chi connectivity index (χ1v) is 6.63. The van der Waals surface area contributed by atoms with Gasteiger partial charge in [-0.2, -0.15) is 0 Å². The summed E-state index contributed by atoms with van der Waals surface area (Å²) < 4.78 is 5.10. The van der Waals surface area contributed by atoms with Crippen LogP contribution in [0.4, 0.5) is 4.79 Å². The number of methoxy groups -OCH3 is 1. The van der Waals surface area contributed by atoms with Crippen LogP contribution in [0, 0.1) is 5.92 Å². The van der Waals surface area contributed by atoms with Crippen LogP contribution in [0.25, 0.3) is 0 Å². The zero-order valence-electron chi connectivity index (χ0n) is 12.2.